The third-order valence-electron chi connectivity index (χ3n) is 3.56. The van der Waals surface area contributed by atoms with Gasteiger partial charge < -0.3 is 4.90 Å². The third-order valence-corrected chi connectivity index (χ3v) is 3.56. The Morgan fingerprint density at radius 2 is 1.87 bits per heavy atom. The molecule has 0 bridgehead atoms. The van der Waals surface area contributed by atoms with Crippen LogP contribution in [0.15, 0.2) is 48.5 Å². The summed E-state index contributed by atoms with van der Waals surface area (Å²) in [5, 5.41) is 10.7. The minimum Gasteiger partial charge on any atom is -0.312 e. The molecule has 5 nitrogen and oxygen atoms in total. The number of carbonyl (C=O) groups excluding carboxylic acids is 1. The summed E-state index contributed by atoms with van der Waals surface area (Å²) in [5.74, 6) is -0.00805. The van der Waals surface area contributed by atoms with Crippen LogP contribution in [-0.2, 0) is 11.2 Å². The van der Waals surface area contributed by atoms with Crippen molar-refractivity contribution in [1.82, 2.24) is 0 Å². The molecule has 2 aromatic rings. The average Bonchev–Trinajstić information content (AvgIpc) is 2.53. The summed E-state index contributed by atoms with van der Waals surface area (Å²) in [6, 6.07) is 14.0. The number of amides is 1. The Labute approximate surface area is 135 Å². The predicted molar refractivity (Wildman–Crippen MR) is 90.6 cm³/mol. The molecule has 0 saturated carbocycles. The first-order valence-electron chi connectivity index (χ1n) is 7.61. The number of nitro benzene ring substituents is 1. The molecule has 2 aromatic carbocycles. The van der Waals surface area contributed by atoms with Crippen molar-refractivity contribution in [3.05, 3.63) is 69.8 Å². The second-order valence-corrected chi connectivity index (χ2v) is 5.48. The van der Waals surface area contributed by atoms with Gasteiger partial charge >= 0.3 is 0 Å². The van der Waals surface area contributed by atoms with E-state index in [0.29, 0.717) is 6.54 Å². The van der Waals surface area contributed by atoms with Gasteiger partial charge in [-0.25, -0.2) is 0 Å². The molecule has 0 fully saturated rings. The van der Waals surface area contributed by atoms with Gasteiger partial charge in [0.25, 0.3) is 5.69 Å². The monoisotopic (exact) mass is 312 g/mol. The summed E-state index contributed by atoms with van der Waals surface area (Å²) in [7, 11) is 0. The van der Waals surface area contributed by atoms with Crippen molar-refractivity contribution in [2.24, 2.45) is 0 Å². The molecule has 120 valence electrons. The zero-order valence-corrected chi connectivity index (χ0v) is 13.4. The molecule has 0 heterocycles. The summed E-state index contributed by atoms with van der Waals surface area (Å²) < 4.78 is 0. The molecule has 0 spiro atoms. The Bertz CT molecular complexity index is 696. The van der Waals surface area contributed by atoms with Crippen LogP contribution in [0.5, 0.6) is 0 Å². The predicted octanol–water partition coefficient (Wildman–Crippen LogP) is 3.89. The fraction of sp³-hybridized carbons (Fsp3) is 0.278. The smallest absolute Gasteiger partial charge is 0.269 e. The van der Waals surface area contributed by atoms with Gasteiger partial charge in [0.2, 0.25) is 5.91 Å². The number of nitro groups is 1. The first-order chi connectivity index (χ1) is 11.0. The maximum absolute atomic E-state index is 12.6. The van der Waals surface area contributed by atoms with Gasteiger partial charge in [0.05, 0.1) is 11.3 Å². The molecule has 0 radical (unpaired) electrons. The van der Waals surface area contributed by atoms with Crippen molar-refractivity contribution in [3.63, 3.8) is 0 Å². The van der Waals surface area contributed by atoms with Crippen LogP contribution in [0, 0.1) is 17.0 Å². The van der Waals surface area contributed by atoms with E-state index < -0.39 is 4.92 Å². The van der Waals surface area contributed by atoms with Crippen molar-refractivity contribution < 1.29 is 9.72 Å². The molecule has 0 unspecified atom stereocenters. The number of benzene rings is 2. The molecular weight excluding hydrogens is 292 g/mol. The van der Waals surface area contributed by atoms with E-state index in [0.717, 1.165) is 23.2 Å². The van der Waals surface area contributed by atoms with Crippen LogP contribution in [0.1, 0.15) is 24.5 Å². The first-order valence-corrected chi connectivity index (χ1v) is 7.61. The number of rotatable bonds is 6. The van der Waals surface area contributed by atoms with E-state index in [1.165, 1.54) is 12.1 Å². The Morgan fingerprint density at radius 1 is 1.17 bits per heavy atom. The van der Waals surface area contributed by atoms with E-state index in [-0.39, 0.29) is 18.0 Å². The van der Waals surface area contributed by atoms with Crippen molar-refractivity contribution in [1.29, 1.82) is 0 Å². The van der Waals surface area contributed by atoms with E-state index in [9.17, 15) is 14.9 Å². The molecule has 0 N–H and O–H groups in total. The highest BCUT2D eigenvalue weighted by Crippen LogP contribution is 2.19. The van der Waals surface area contributed by atoms with Crippen molar-refractivity contribution >= 4 is 17.3 Å². The van der Waals surface area contributed by atoms with E-state index >= 15 is 0 Å². The average molecular weight is 312 g/mol. The normalized spacial score (nSPS) is 10.3. The lowest BCUT2D eigenvalue weighted by atomic mass is 10.1. The maximum atomic E-state index is 12.6. The highest BCUT2D eigenvalue weighted by molar-refractivity contribution is 5.94. The van der Waals surface area contributed by atoms with Crippen LogP contribution in [0.2, 0.25) is 0 Å². The Kier molecular flexibility index (Phi) is 5.46. The molecule has 5 heteroatoms. The Morgan fingerprint density at radius 3 is 2.43 bits per heavy atom. The van der Waals surface area contributed by atoms with Crippen molar-refractivity contribution in [2.75, 3.05) is 11.4 Å². The van der Waals surface area contributed by atoms with Gasteiger partial charge in [0.15, 0.2) is 0 Å². The standard InChI is InChI=1S/C18H20N2O3/c1-3-11-19(17-6-4-5-14(2)12-17)18(21)13-15-7-9-16(10-8-15)20(22)23/h4-10,12H,3,11,13H2,1-2H3. The molecular formula is C18H20N2O3. The summed E-state index contributed by atoms with van der Waals surface area (Å²) in [5.41, 5.74) is 2.80. The van der Waals surface area contributed by atoms with Gasteiger partial charge in [-0.15, -0.1) is 0 Å². The molecule has 0 aromatic heterocycles. The van der Waals surface area contributed by atoms with Gasteiger partial charge in [-0.3, -0.25) is 14.9 Å². The van der Waals surface area contributed by atoms with Crippen LogP contribution in [-0.4, -0.2) is 17.4 Å². The fourth-order valence-electron chi connectivity index (χ4n) is 2.42. The SMILES string of the molecule is CCCN(C(=O)Cc1ccc([N+](=O)[O-])cc1)c1cccc(C)c1. The second kappa shape index (κ2) is 7.54. The number of hydrogen-bond donors (Lipinski definition) is 0. The largest absolute Gasteiger partial charge is 0.312 e. The van der Waals surface area contributed by atoms with Crippen LogP contribution in [0.3, 0.4) is 0 Å². The van der Waals surface area contributed by atoms with Crippen LogP contribution in [0.4, 0.5) is 11.4 Å². The lowest BCUT2D eigenvalue weighted by Crippen LogP contribution is -2.33. The second-order valence-electron chi connectivity index (χ2n) is 5.48. The van der Waals surface area contributed by atoms with Gasteiger partial charge in [-0.1, -0.05) is 31.2 Å². The van der Waals surface area contributed by atoms with Gasteiger partial charge in [0.1, 0.15) is 0 Å². The van der Waals surface area contributed by atoms with Crippen LogP contribution in [0.25, 0.3) is 0 Å². The topological polar surface area (TPSA) is 63.5 Å². The molecule has 0 atom stereocenters. The van der Waals surface area contributed by atoms with Crippen molar-refractivity contribution in [3.8, 4) is 0 Å². The van der Waals surface area contributed by atoms with Crippen LogP contribution >= 0.6 is 0 Å². The Balaban J connectivity index is 2.16. The number of aryl methyl sites for hydroxylation is 1. The van der Waals surface area contributed by atoms with Gasteiger partial charge in [-0.2, -0.15) is 0 Å². The Hall–Kier alpha value is -2.69. The highest BCUT2D eigenvalue weighted by Gasteiger charge is 2.16. The molecule has 23 heavy (non-hydrogen) atoms. The zero-order chi connectivity index (χ0) is 16.8. The minimum atomic E-state index is -0.443. The summed E-state index contributed by atoms with van der Waals surface area (Å²) >= 11 is 0. The summed E-state index contributed by atoms with van der Waals surface area (Å²) in [4.78, 5) is 24.6. The zero-order valence-electron chi connectivity index (χ0n) is 13.4. The lowest BCUT2D eigenvalue weighted by molar-refractivity contribution is -0.384. The molecule has 0 aliphatic carbocycles. The first kappa shape index (κ1) is 16.7. The minimum absolute atomic E-state index is 0.00805. The molecule has 0 aliphatic heterocycles. The molecule has 0 aliphatic rings. The number of carbonyl (C=O) groups is 1. The van der Waals surface area contributed by atoms with E-state index in [2.05, 4.69) is 0 Å². The lowest BCUT2D eigenvalue weighted by Gasteiger charge is -2.23. The third kappa shape index (κ3) is 4.39. The van der Waals surface area contributed by atoms with Crippen molar-refractivity contribution in [2.45, 2.75) is 26.7 Å². The summed E-state index contributed by atoms with van der Waals surface area (Å²) in [6.45, 7) is 4.67. The van der Waals surface area contributed by atoms with Gasteiger partial charge in [-0.05, 0) is 36.6 Å². The van der Waals surface area contributed by atoms with E-state index in [4.69, 9.17) is 0 Å². The molecule has 1 amide bonds. The number of nitrogens with zero attached hydrogens (tertiary/aromatic N) is 2. The number of non-ortho nitro benzene ring substituents is 1. The highest BCUT2D eigenvalue weighted by atomic mass is 16.6. The quantitative estimate of drug-likeness (QED) is 0.600. The summed E-state index contributed by atoms with van der Waals surface area (Å²) in [6.07, 6.45) is 1.09. The van der Waals surface area contributed by atoms with E-state index in [1.807, 2.05) is 38.1 Å². The molecule has 0 saturated heterocycles. The number of anilines is 1. The van der Waals surface area contributed by atoms with E-state index in [1.54, 1.807) is 17.0 Å². The maximum Gasteiger partial charge on any atom is 0.269 e. The molecule has 2 rings (SSSR count). The number of hydrogen-bond acceptors (Lipinski definition) is 3. The van der Waals surface area contributed by atoms with Gasteiger partial charge in [0, 0.05) is 24.4 Å². The fourth-order valence-corrected chi connectivity index (χ4v) is 2.42. The van der Waals surface area contributed by atoms with Crippen LogP contribution < -0.4 is 4.90 Å².